The van der Waals surface area contributed by atoms with E-state index in [0.717, 1.165) is 5.56 Å². The maximum Gasteiger partial charge on any atom is 0.410 e. The number of carbonyl (C=O) groups is 1. The van der Waals surface area contributed by atoms with E-state index in [1.54, 1.807) is 4.90 Å². The van der Waals surface area contributed by atoms with Crippen LogP contribution in [0.3, 0.4) is 0 Å². The Morgan fingerprint density at radius 1 is 1.33 bits per heavy atom. The summed E-state index contributed by atoms with van der Waals surface area (Å²) in [5.74, 6) is 0. The first kappa shape index (κ1) is 15.3. The summed E-state index contributed by atoms with van der Waals surface area (Å²) in [5.41, 5.74) is 0.512. The summed E-state index contributed by atoms with van der Waals surface area (Å²) in [6, 6.07) is 12.0. The standard InChI is InChI=1S/C16H21N3O2/c1-18(2)16(13-17)8-10-19(11-9-16)15(20)21-12-14-6-4-3-5-7-14/h3-7H,8-12H2,1-2H3. The summed E-state index contributed by atoms with van der Waals surface area (Å²) in [4.78, 5) is 15.7. The Labute approximate surface area is 125 Å². The van der Waals surface area contributed by atoms with Crippen molar-refractivity contribution in [1.29, 1.82) is 5.26 Å². The lowest BCUT2D eigenvalue weighted by Crippen LogP contribution is -2.53. The molecule has 1 amide bonds. The van der Waals surface area contributed by atoms with Crippen molar-refractivity contribution in [3.8, 4) is 6.07 Å². The van der Waals surface area contributed by atoms with Crippen LogP contribution in [0.15, 0.2) is 30.3 Å². The average Bonchev–Trinajstić information content (AvgIpc) is 2.53. The number of nitrogens with zero attached hydrogens (tertiary/aromatic N) is 3. The van der Waals surface area contributed by atoms with Crippen LogP contribution in [0, 0.1) is 11.3 Å². The molecule has 5 heteroatoms. The zero-order valence-electron chi connectivity index (χ0n) is 12.6. The quantitative estimate of drug-likeness (QED) is 0.855. The molecule has 0 aliphatic carbocycles. The number of piperidine rings is 1. The normalized spacial score (nSPS) is 17.3. The first-order valence-electron chi connectivity index (χ1n) is 7.12. The molecule has 0 atom stereocenters. The molecule has 5 nitrogen and oxygen atoms in total. The van der Waals surface area contributed by atoms with E-state index < -0.39 is 5.54 Å². The summed E-state index contributed by atoms with van der Waals surface area (Å²) in [6.45, 7) is 1.39. The Bertz CT molecular complexity index is 514. The third kappa shape index (κ3) is 3.53. The highest BCUT2D eigenvalue weighted by Crippen LogP contribution is 2.26. The predicted molar refractivity (Wildman–Crippen MR) is 79.5 cm³/mol. The molecule has 2 rings (SSSR count). The van der Waals surface area contributed by atoms with Gasteiger partial charge in [0.1, 0.15) is 12.1 Å². The highest BCUT2D eigenvalue weighted by Gasteiger charge is 2.38. The van der Waals surface area contributed by atoms with Crippen LogP contribution >= 0.6 is 0 Å². The molecule has 112 valence electrons. The lowest BCUT2D eigenvalue weighted by molar-refractivity contribution is 0.0617. The SMILES string of the molecule is CN(C)C1(C#N)CCN(C(=O)OCc2ccccc2)CC1. The Kier molecular flexibility index (Phi) is 4.81. The Morgan fingerprint density at radius 3 is 2.48 bits per heavy atom. The third-order valence-electron chi connectivity index (χ3n) is 4.12. The lowest BCUT2D eigenvalue weighted by Gasteiger charge is -2.40. The Morgan fingerprint density at radius 2 is 1.95 bits per heavy atom. The van der Waals surface area contributed by atoms with Crippen molar-refractivity contribution in [3.05, 3.63) is 35.9 Å². The molecule has 1 aliphatic rings. The number of amides is 1. The number of carbonyl (C=O) groups excluding carboxylic acids is 1. The predicted octanol–water partition coefficient (Wildman–Crippen LogP) is 2.24. The molecular formula is C16H21N3O2. The summed E-state index contributed by atoms with van der Waals surface area (Å²) >= 11 is 0. The summed E-state index contributed by atoms with van der Waals surface area (Å²) < 4.78 is 5.32. The second kappa shape index (κ2) is 6.59. The van der Waals surface area contributed by atoms with Gasteiger partial charge in [0.25, 0.3) is 0 Å². The van der Waals surface area contributed by atoms with E-state index in [1.165, 1.54) is 0 Å². The summed E-state index contributed by atoms with van der Waals surface area (Å²) in [7, 11) is 3.82. The van der Waals surface area contributed by atoms with Gasteiger partial charge in [-0.1, -0.05) is 30.3 Å². The highest BCUT2D eigenvalue weighted by atomic mass is 16.6. The number of hydrogen-bond donors (Lipinski definition) is 0. The first-order chi connectivity index (χ1) is 10.1. The molecule has 0 saturated carbocycles. The van der Waals surface area contributed by atoms with Gasteiger partial charge in [-0.15, -0.1) is 0 Å². The molecule has 1 fully saturated rings. The molecule has 1 heterocycles. The molecule has 0 unspecified atom stereocenters. The Balaban J connectivity index is 1.85. The summed E-state index contributed by atoms with van der Waals surface area (Å²) in [6.07, 6.45) is 0.998. The van der Waals surface area contributed by atoms with Gasteiger partial charge in [0, 0.05) is 13.1 Å². The van der Waals surface area contributed by atoms with Crippen LogP contribution in [-0.4, -0.2) is 48.6 Å². The van der Waals surface area contributed by atoms with E-state index in [-0.39, 0.29) is 12.7 Å². The number of benzene rings is 1. The van der Waals surface area contributed by atoms with E-state index >= 15 is 0 Å². The second-order valence-electron chi connectivity index (χ2n) is 5.57. The van der Waals surface area contributed by atoms with E-state index in [2.05, 4.69) is 6.07 Å². The maximum absolute atomic E-state index is 12.0. The minimum Gasteiger partial charge on any atom is -0.445 e. The highest BCUT2D eigenvalue weighted by molar-refractivity contribution is 5.67. The number of ether oxygens (including phenoxy) is 1. The zero-order chi connectivity index (χ0) is 15.3. The molecule has 0 spiro atoms. The lowest BCUT2D eigenvalue weighted by atomic mass is 9.88. The average molecular weight is 287 g/mol. The number of likely N-dealkylation sites (tertiary alicyclic amines) is 1. The van der Waals surface area contributed by atoms with Crippen molar-refractivity contribution in [3.63, 3.8) is 0 Å². The minimum absolute atomic E-state index is 0.285. The van der Waals surface area contributed by atoms with Crippen LogP contribution in [0.25, 0.3) is 0 Å². The van der Waals surface area contributed by atoms with Crippen LogP contribution in [0.5, 0.6) is 0 Å². The van der Waals surface area contributed by atoms with Gasteiger partial charge < -0.3 is 9.64 Å². The van der Waals surface area contributed by atoms with Gasteiger partial charge in [-0.3, -0.25) is 4.90 Å². The molecule has 0 bridgehead atoms. The third-order valence-corrected chi connectivity index (χ3v) is 4.12. The largest absolute Gasteiger partial charge is 0.445 e. The molecule has 1 aromatic carbocycles. The maximum atomic E-state index is 12.0. The van der Waals surface area contributed by atoms with Crippen molar-refractivity contribution in [2.24, 2.45) is 0 Å². The number of nitriles is 1. The van der Waals surface area contributed by atoms with Crippen molar-refractivity contribution in [1.82, 2.24) is 9.80 Å². The van der Waals surface area contributed by atoms with Gasteiger partial charge in [0.2, 0.25) is 0 Å². The van der Waals surface area contributed by atoms with Gasteiger partial charge in [-0.25, -0.2) is 4.79 Å². The first-order valence-corrected chi connectivity index (χ1v) is 7.12. The van der Waals surface area contributed by atoms with Crippen molar-refractivity contribution in [2.45, 2.75) is 25.0 Å². The van der Waals surface area contributed by atoms with E-state index in [4.69, 9.17) is 4.74 Å². The zero-order valence-corrected chi connectivity index (χ0v) is 12.6. The molecule has 0 N–H and O–H groups in total. The Hall–Kier alpha value is -2.06. The van der Waals surface area contributed by atoms with Crippen LogP contribution in [0.2, 0.25) is 0 Å². The topological polar surface area (TPSA) is 56.6 Å². The summed E-state index contributed by atoms with van der Waals surface area (Å²) in [5, 5.41) is 9.36. The molecule has 0 radical (unpaired) electrons. The molecule has 21 heavy (non-hydrogen) atoms. The fraction of sp³-hybridized carbons (Fsp3) is 0.500. The fourth-order valence-corrected chi connectivity index (χ4v) is 2.53. The van der Waals surface area contributed by atoms with Gasteiger partial charge in [-0.2, -0.15) is 5.26 Å². The monoisotopic (exact) mass is 287 g/mol. The second-order valence-corrected chi connectivity index (χ2v) is 5.57. The molecule has 1 aliphatic heterocycles. The molecular weight excluding hydrogens is 266 g/mol. The van der Waals surface area contributed by atoms with Gasteiger partial charge in [0.15, 0.2) is 0 Å². The van der Waals surface area contributed by atoms with Crippen LogP contribution in [-0.2, 0) is 11.3 Å². The van der Waals surface area contributed by atoms with E-state index in [1.807, 2.05) is 49.3 Å². The van der Waals surface area contributed by atoms with Crippen molar-refractivity contribution in [2.75, 3.05) is 27.2 Å². The van der Waals surface area contributed by atoms with Gasteiger partial charge >= 0.3 is 6.09 Å². The number of rotatable bonds is 3. The van der Waals surface area contributed by atoms with Gasteiger partial charge in [0.05, 0.1) is 6.07 Å². The smallest absolute Gasteiger partial charge is 0.410 e. The van der Waals surface area contributed by atoms with Crippen molar-refractivity contribution < 1.29 is 9.53 Å². The van der Waals surface area contributed by atoms with Crippen LogP contribution < -0.4 is 0 Å². The minimum atomic E-state index is -0.462. The van der Waals surface area contributed by atoms with Crippen LogP contribution in [0.1, 0.15) is 18.4 Å². The fourth-order valence-electron chi connectivity index (χ4n) is 2.53. The van der Waals surface area contributed by atoms with E-state index in [0.29, 0.717) is 25.9 Å². The van der Waals surface area contributed by atoms with E-state index in [9.17, 15) is 10.1 Å². The molecule has 0 aromatic heterocycles. The number of hydrogen-bond acceptors (Lipinski definition) is 4. The van der Waals surface area contributed by atoms with Crippen LogP contribution in [0.4, 0.5) is 4.79 Å². The molecule has 1 saturated heterocycles. The van der Waals surface area contributed by atoms with Crippen molar-refractivity contribution >= 4 is 6.09 Å². The molecule has 1 aromatic rings. The van der Waals surface area contributed by atoms with Gasteiger partial charge in [-0.05, 0) is 32.5 Å².